The summed E-state index contributed by atoms with van der Waals surface area (Å²) in [5.74, 6) is -1.31. The number of thiazole rings is 1. The molecule has 0 atom stereocenters. The van der Waals surface area contributed by atoms with Crippen LogP contribution in [0.1, 0.15) is 4.88 Å². The SMILES string of the molecule is ClCCc1scnc1-c1ccccc1.O=S(=O)(O)CCS(=O)(=O)O. The van der Waals surface area contributed by atoms with E-state index in [1.807, 2.05) is 23.7 Å². The molecule has 0 amide bonds. The second kappa shape index (κ2) is 9.44. The van der Waals surface area contributed by atoms with E-state index < -0.39 is 31.7 Å². The number of hydrogen-bond donors (Lipinski definition) is 2. The van der Waals surface area contributed by atoms with Gasteiger partial charge in [-0.3, -0.25) is 9.11 Å². The summed E-state index contributed by atoms with van der Waals surface area (Å²) in [4.78, 5) is 5.63. The predicted octanol–water partition coefficient (Wildman–Crippen LogP) is 2.35. The second-order valence-electron chi connectivity index (χ2n) is 4.50. The monoisotopic (exact) mass is 413 g/mol. The van der Waals surface area contributed by atoms with Gasteiger partial charge in [0.2, 0.25) is 0 Å². The van der Waals surface area contributed by atoms with E-state index >= 15 is 0 Å². The lowest BCUT2D eigenvalue weighted by Crippen LogP contribution is -2.15. The molecule has 134 valence electrons. The molecule has 1 aromatic heterocycles. The number of nitrogens with zero attached hydrogens (tertiary/aromatic N) is 1. The average molecular weight is 414 g/mol. The molecule has 0 bridgehead atoms. The fourth-order valence-corrected chi connectivity index (χ4v) is 4.35. The minimum absolute atomic E-state index is 0.655. The number of benzene rings is 1. The highest BCUT2D eigenvalue weighted by Crippen LogP contribution is 2.25. The molecule has 0 spiro atoms. The first-order valence-corrected chi connectivity index (χ1v) is 11.2. The molecule has 0 fully saturated rings. The van der Waals surface area contributed by atoms with Crippen molar-refractivity contribution in [3.8, 4) is 11.3 Å². The molecule has 0 saturated heterocycles. The molecule has 0 unspecified atom stereocenters. The maximum Gasteiger partial charge on any atom is 0.265 e. The van der Waals surface area contributed by atoms with Gasteiger partial charge in [-0.25, -0.2) is 4.98 Å². The van der Waals surface area contributed by atoms with E-state index in [2.05, 4.69) is 17.1 Å². The fraction of sp³-hybridized carbons (Fsp3) is 0.308. The number of aromatic nitrogens is 1. The summed E-state index contributed by atoms with van der Waals surface area (Å²) in [5.41, 5.74) is 4.13. The summed E-state index contributed by atoms with van der Waals surface area (Å²) < 4.78 is 55.4. The van der Waals surface area contributed by atoms with Crippen molar-refractivity contribution in [1.29, 1.82) is 0 Å². The Morgan fingerprint density at radius 1 is 1.00 bits per heavy atom. The van der Waals surface area contributed by atoms with Crippen molar-refractivity contribution in [3.63, 3.8) is 0 Å². The van der Waals surface area contributed by atoms with Crippen molar-refractivity contribution in [3.05, 3.63) is 40.7 Å². The zero-order valence-electron chi connectivity index (χ0n) is 12.4. The van der Waals surface area contributed by atoms with Crippen LogP contribution in [-0.2, 0) is 26.7 Å². The van der Waals surface area contributed by atoms with Crippen LogP contribution in [0.4, 0.5) is 0 Å². The standard InChI is InChI=1S/C11H10ClNS.C2H6O6S2/c12-7-6-10-11(13-8-14-10)9-4-2-1-3-5-9;3-9(4,5)1-2-10(6,7)8/h1-5,8H,6-7H2;1-2H2,(H,3,4,5)(H,6,7,8). The topological polar surface area (TPSA) is 122 Å². The summed E-state index contributed by atoms with van der Waals surface area (Å²) in [6.45, 7) is 0. The molecule has 2 aromatic rings. The Morgan fingerprint density at radius 2 is 1.54 bits per heavy atom. The van der Waals surface area contributed by atoms with Crippen LogP contribution in [0.3, 0.4) is 0 Å². The number of alkyl halides is 1. The van der Waals surface area contributed by atoms with E-state index in [-0.39, 0.29) is 0 Å². The minimum Gasteiger partial charge on any atom is -0.286 e. The maximum absolute atomic E-state index is 9.86. The number of halogens is 1. The molecule has 11 heteroatoms. The third-order valence-electron chi connectivity index (χ3n) is 2.61. The van der Waals surface area contributed by atoms with Gasteiger partial charge in [-0.15, -0.1) is 22.9 Å². The van der Waals surface area contributed by atoms with Gasteiger partial charge < -0.3 is 0 Å². The molecule has 0 radical (unpaired) electrons. The first-order chi connectivity index (χ1) is 11.1. The summed E-state index contributed by atoms with van der Waals surface area (Å²) in [6.07, 6.45) is 0.899. The largest absolute Gasteiger partial charge is 0.286 e. The van der Waals surface area contributed by atoms with Gasteiger partial charge in [-0.05, 0) is 6.42 Å². The first-order valence-electron chi connectivity index (χ1n) is 6.56. The van der Waals surface area contributed by atoms with Crippen LogP contribution >= 0.6 is 22.9 Å². The molecular formula is C13H16ClNO6S3. The van der Waals surface area contributed by atoms with Crippen molar-refractivity contribution < 1.29 is 25.9 Å². The van der Waals surface area contributed by atoms with Gasteiger partial charge in [-0.1, -0.05) is 30.3 Å². The number of aryl methyl sites for hydroxylation is 1. The molecule has 1 aromatic carbocycles. The van der Waals surface area contributed by atoms with Crippen LogP contribution in [0.25, 0.3) is 11.3 Å². The zero-order valence-corrected chi connectivity index (χ0v) is 15.6. The average Bonchev–Trinajstić information content (AvgIpc) is 2.94. The summed E-state index contributed by atoms with van der Waals surface area (Å²) >= 11 is 7.40. The molecule has 2 rings (SSSR count). The van der Waals surface area contributed by atoms with Crippen molar-refractivity contribution in [1.82, 2.24) is 4.98 Å². The minimum atomic E-state index is -4.30. The van der Waals surface area contributed by atoms with Crippen molar-refractivity contribution >= 4 is 43.2 Å². The first kappa shape index (κ1) is 21.0. The quantitative estimate of drug-likeness (QED) is 0.550. The Hall–Kier alpha value is -1.04. The molecule has 7 nitrogen and oxygen atoms in total. The highest BCUT2D eigenvalue weighted by atomic mass is 35.5. The number of hydrogen-bond acceptors (Lipinski definition) is 6. The van der Waals surface area contributed by atoms with Gasteiger partial charge in [0.15, 0.2) is 0 Å². The smallest absolute Gasteiger partial charge is 0.265 e. The fourth-order valence-electron chi connectivity index (χ4n) is 1.58. The summed E-state index contributed by atoms with van der Waals surface area (Å²) in [7, 11) is -8.59. The van der Waals surface area contributed by atoms with Gasteiger partial charge in [0.05, 0.1) is 22.7 Å². The highest BCUT2D eigenvalue weighted by molar-refractivity contribution is 7.89. The van der Waals surface area contributed by atoms with E-state index in [0.29, 0.717) is 5.88 Å². The van der Waals surface area contributed by atoms with Crippen molar-refractivity contribution in [2.45, 2.75) is 6.42 Å². The Morgan fingerprint density at radius 3 is 2.00 bits per heavy atom. The molecule has 0 aliphatic heterocycles. The van der Waals surface area contributed by atoms with Crippen molar-refractivity contribution in [2.75, 3.05) is 17.4 Å². The van der Waals surface area contributed by atoms with Crippen molar-refractivity contribution in [2.24, 2.45) is 0 Å². The van der Waals surface area contributed by atoms with Gasteiger partial charge >= 0.3 is 0 Å². The highest BCUT2D eigenvalue weighted by Gasteiger charge is 2.11. The third-order valence-corrected chi connectivity index (χ3v) is 5.39. The van der Waals surface area contributed by atoms with Gasteiger partial charge in [0.1, 0.15) is 0 Å². The number of rotatable bonds is 6. The van der Waals surface area contributed by atoms with E-state index in [1.54, 1.807) is 11.3 Å². The normalized spacial score (nSPS) is 11.6. The molecular weight excluding hydrogens is 398 g/mol. The Labute approximate surface area is 149 Å². The zero-order chi connectivity index (χ0) is 18.2. The lowest BCUT2D eigenvalue weighted by atomic mass is 10.1. The van der Waals surface area contributed by atoms with Crippen LogP contribution in [0.5, 0.6) is 0 Å². The predicted molar refractivity (Wildman–Crippen MR) is 94.8 cm³/mol. The molecule has 0 aliphatic rings. The lowest BCUT2D eigenvalue weighted by Gasteiger charge is -1.99. The van der Waals surface area contributed by atoms with Crippen LogP contribution in [0, 0.1) is 0 Å². The van der Waals surface area contributed by atoms with Gasteiger partial charge in [0.25, 0.3) is 20.2 Å². The lowest BCUT2D eigenvalue weighted by molar-refractivity contribution is 0.472. The van der Waals surface area contributed by atoms with Gasteiger partial charge in [0, 0.05) is 16.3 Å². The summed E-state index contributed by atoms with van der Waals surface area (Å²) in [5, 5.41) is 0. The van der Waals surface area contributed by atoms with Gasteiger partial charge in [-0.2, -0.15) is 16.8 Å². The van der Waals surface area contributed by atoms with Crippen LogP contribution in [-0.4, -0.2) is 48.3 Å². The molecule has 2 N–H and O–H groups in total. The molecule has 1 heterocycles. The van der Waals surface area contributed by atoms with E-state index in [1.165, 1.54) is 10.4 Å². The third kappa shape index (κ3) is 8.71. The molecule has 0 aliphatic carbocycles. The van der Waals surface area contributed by atoms with E-state index in [0.717, 1.165) is 12.1 Å². The van der Waals surface area contributed by atoms with E-state index in [4.69, 9.17) is 20.7 Å². The summed E-state index contributed by atoms with van der Waals surface area (Å²) in [6, 6.07) is 10.2. The maximum atomic E-state index is 9.86. The molecule has 24 heavy (non-hydrogen) atoms. The Bertz CT molecular complexity index is 802. The Balaban J connectivity index is 0.000000257. The van der Waals surface area contributed by atoms with Crippen LogP contribution in [0.2, 0.25) is 0 Å². The second-order valence-corrected chi connectivity index (χ2v) is 8.96. The van der Waals surface area contributed by atoms with Crippen LogP contribution < -0.4 is 0 Å². The molecule has 0 saturated carbocycles. The Kier molecular flexibility index (Phi) is 8.27. The van der Waals surface area contributed by atoms with Crippen LogP contribution in [0.15, 0.2) is 35.8 Å². The van der Waals surface area contributed by atoms with E-state index in [9.17, 15) is 16.8 Å².